The Kier molecular flexibility index (Phi) is 4.62. The van der Waals surface area contributed by atoms with E-state index in [1.807, 2.05) is 31.2 Å². The van der Waals surface area contributed by atoms with Gasteiger partial charge in [0, 0.05) is 17.6 Å². The Balaban J connectivity index is 1.78. The van der Waals surface area contributed by atoms with Crippen molar-refractivity contribution in [1.29, 1.82) is 0 Å². The smallest absolute Gasteiger partial charge is 0.254 e. The van der Waals surface area contributed by atoms with E-state index in [1.54, 1.807) is 47.2 Å². The monoisotopic (exact) mass is 340 g/mol. The molecule has 1 amide bonds. The fraction of sp³-hybridized carbons (Fsp3) is 0.167. The summed E-state index contributed by atoms with van der Waals surface area (Å²) >= 11 is 5.97. The lowest BCUT2D eigenvalue weighted by atomic mass is 10.1. The average Bonchev–Trinajstić information content (AvgIpc) is 3.14. The van der Waals surface area contributed by atoms with Gasteiger partial charge in [0.15, 0.2) is 0 Å². The Morgan fingerprint density at radius 3 is 2.58 bits per heavy atom. The third kappa shape index (κ3) is 3.31. The van der Waals surface area contributed by atoms with Gasteiger partial charge in [0.2, 0.25) is 0 Å². The third-order valence-electron chi connectivity index (χ3n) is 4.03. The van der Waals surface area contributed by atoms with Crippen molar-refractivity contribution in [3.8, 4) is 5.69 Å². The van der Waals surface area contributed by atoms with Gasteiger partial charge >= 0.3 is 0 Å². The Morgan fingerprint density at radius 2 is 1.96 bits per heavy atom. The first-order chi connectivity index (χ1) is 11.6. The van der Waals surface area contributed by atoms with Crippen molar-refractivity contribution in [1.82, 2.24) is 19.7 Å². The second-order valence-corrected chi connectivity index (χ2v) is 5.97. The summed E-state index contributed by atoms with van der Waals surface area (Å²) in [6.07, 6.45) is 3.14. The molecule has 1 unspecified atom stereocenters. The summed E-state index contributed by atoms with van der Waals surface area (Å²) in [6.45, 7) is 1.99. The van der Waals surface area contributed by atoms with Crippen LogP contribution in [0.25, 0.3) is 5.69 Å². The number of carbonyl (C=O) groups excluding carboxylic acids is 1. The van der Waals surface area contributed by atoms with Crippen LogP contribution in [0.1, 0.15) is 28.9 Å². The minimum absolute atomic E-state index is 0.0645. The Morgan fingerprint density at radius 1 is 1.21 bits per heavy atom. The first-order valence-electron chi connectivity index (χ1n) is 7.54. The van der Waals surface area contributed by atoms with Crippen LogP contribution in [-0.2, 0) is 0 Å². The molecular formula is C18H17ClN4O. The Bertz CT molecular complexity index is 830. The molecule has 0 radical (unpaired) electrons. The van der Waals surface area contributed by atoms with E-state index in [1.165, 1.54) is 6.33 Å². The zero-order chi connectivity index (χ0) is 17.1. The molecule has 0 spiro atoms. The molecule has 0 aliphatic heterocycles. The zero-order valence-electron chi connectivity index (χ0n) is 13.4. The van der Waals surface area contributed by atoms with E-state index in [0.717, 1.165) is 11.3 Å². The summed E-state index contributed by atoms with van der Waals surface area (Å²) in [7, 11) is 1.79. The molecule has 0 N–H and O–H groups in total. The van der Waals surface area contributed by atoms with Crippen LogP contribution >= 0.6 is 11.6 Å². The van der Waals surface area contributed by atoms with E-state index in [2.05, 4.69) is 10.1 Å². The number of rotatable bonds is 4. The predicted molar refractivity (Wildman–Crippen MR) is 93.3 cm³/mol. The second-order valence-electron chi connectivity index (χ2n) is 5.53. The second kappa shape index (κ2) is 6.84. The van der Waals surface area contributed by atoms with Gasteiger partial charge in [-0.1, -0.05) is 29.8 Å². The van der Waals surface area contributed by atoms with Crippen LogP contribution in [0.5, 0.6) is 0 Å². The first-order valence-corrected chi connectivity index (χ1v) is 7.92. The Labute approximate surface area is 145 Å². The SMILES string of the molecule is CC(c1ccc(-n2cncn2)cc1)N(C)C(=O)c1cccc(Cl)c1. The Hall–Kier alpha value is -2.66. The van der Waals surface area contributed by atoms with Gasteiger partial charge in [0.05, 0.1) is 11.7 Å². The van der Waals surface area contributed by atoms with Crippen molar-refractivity contribution in [2.24, 2.45) is 0 Å². The maximum absolute atomic E-state index is 12.6. The fourth-order valence-corrected chi connectivity index (χ4v) is 2.66. The molecule has 122 valence electrons. The van der Waals surface area contributed by atoms with Crippen LogP contribution in [-0.4, -0.2) is 32.6 Å². The number of benzene rings is 2. The summed E-state index contributed by atoms with van der Waals surface area (Å²) in [5, 5.41) is 4.66. The molecule has 0 aliphatic carbocycles. The molecule has 0 saturated heterocycles. The lowest BCUT2D eigenvalue weighted by Crippen LogP contribution is -2.29. The zero-order valence-corrected chi connectivity index (χ0v) is 14.2. The molecule has 1 aromatic heterocycles. The molecule has 0 bridgehead atoms. The summed E-state index contributed by atoms with van der Waals surface area (Å²) in [4.78, 5) is 18.3. The maximum Gasteiger partial charge on any atom is 0.254 e. The number of halogens is 1. The van der Waals surface area contributed by atoms with Gasteiger partial charge in [0.1, 0.15) is 12.7 Å². The molecule has 5 nitrogen and oxygen atoms in total. The number of carbonyl (C=O) groups is 1. The van der Waals surface area contributed by atoms with E-state index in [0.29, 0.717) is 10.6 Å². The van der Waals surface area contributed by atoms with E-state index >= 15 is 0 Å². The fourth-order valence-electron chi connectivity index (χ4n) is 2.47. The molecule has 0 fully saturated rings. The highest BCUT2D eigenvalue weighted by Gasteiger charge is 2.19. The van der Waals surface area contributed by atoms with Gasteiger partial charge in [-0.25, -0.2) is 9.67 Å². The van der Waals surface area contributed by atoms with E-state index in [4.69, 9.17) is 11.6 Å². The van der Waals surface area contributed by atoms with Crippen molar-refractivity contribution >= 4 is 17.5 Å². The normalized spacial score (nSPS) is 12.0. The molecule has 0 aliphatic rings. The van der Waals surface area contributed by atoms with Crippen LogP contribution in [0.3, 0.4) is 0 Å². The molecular weight excluding hydrogens is 324 g/mol. The number of amides is 1. The number of nitrogens with zero attached hydrogens (tertiary/aromatic N) is 4. The van der Waals surface area contributed by atoms with Gasteiger partial charge in [-0.3, -0.25) is 4.79 Å². The molecule has 1 heterocycles. The number of aromatic nitrogens is 3. The summed E-state index contributed by atoms with van der Waals surface area (Å²) in [5.74, 6) is -0.0645. The highest BCUT2D eigenvalue weighted by atomic mass is 35.5. The molecule has 3 aromatic rings. The molecule has 2 aromatic carbocycles. The first kappa shape index (κ1) is 16.2. The van der Waals surface area contributed by atoms with Crippen molar-refractivity contribution in [2.75, 3.05) is 7.05 Å². The highest BCUT2D eigenvalue weighted by Crippen LogP contribution is 2.22. The summed E-state index contributed by atoms with van der Waals surface area (Å²) in [5.41, 5.74) is 2.54. The average molecular weight is 341 g/mol. The van der Waals surface area contributed by atoms with E-state index < -0.39 is 0 Å². The molecule has 6 heteroatoms. The topological polar surface area (TPSA) is 51.0 Å². The van der Waals surface area contributed by atoms with Crippen molar-refractivity contribution in [2.45, 2.75) is 13.0 Å². The number of hydrogen-bond acceptors (Lipinski definition) is 3. The van der Waals surface area contributed by atoms with Gasteiger partial charge in [0.25, 0.3) is 5.91 Å². The highest BCUT2D eigenvalue weighted by molar-refractivity contribution is 6.30. The van der Waals surface area contributed by atoms with Gasteiger partial charge < -0.3 is 4.90 Å². The minimum Gasteiger partial charge on any atom is -0.335 e. The van der Waals surface area contributed by atoms with Crippen LogP contribution in [0.4, 0.5) is 0 Å². The quantitative estimate of drug-likeness (QED) is 0.726. The molecule has 3 rings (SSSR count). The van der Waals surface area contributed by atoms with Gasteiger partial charge in [-0.2, -0.15) is 5.10 Å². The maximum atomic E-state index is 12.6. The lowest BCUT2D eigenvalue weighted by Gasteiger charge is -2.25. The van der Waals surface area contributed by atoms with E-state index in [-0.39, 0.29) is 11.9 Å². The van der Waals surface area contributed by atoms with E-state index in [9.17, 15) is 4.79 Å². The third-order valence-corrected chi connectivity index (χ3v) is 4.27. The van der Waals surface area contributed by atoms with Crippen LogP contribution in [0.15, 0.2) is 61.2 Å². The molecule has 1 atom stereocenters. The number of hydrogen-bond donors (Lipinski definition) is 0. The summed E-state index contributed by atoms with van der Waals surface area (Å²) in [6, 6.07) is 14.8. The van der Waals surface area contributed by atoms with Crippen molar-refractivity contribution < 1.29 is 4.79 Å². The van der Waals surface area contributed by atoms with Gasteiger partial charge in [-0.05, 0) is 42.8 Å². The van der Waals surface area contributed by atoms with Crippen LogP contribution < -0.4 is 0 Å². The lowest BCUT2D eigenvalue weighted by molar-refractivity contribution is 0.0742. The van der Waals surface area contributed by atoms with Crippen LogP contribution in [0.2, 0.25) is 5.02 Å². The minimum atomic E-state index is -0.0683. The molecule has 0 saturated carbocycles. The standard InChI is InChI=1S/C18H17ClN4O/c1-13(22(2)18(24)15-4-3-5-16(19)10-15)14-6-8-17(9-7-14)23-12-20-11-21-23/h3-13H,1-2H3. The van der Waals surface area contributed by atoms with Crippen molar-refractivity contribution in [3.05, 3.63) is 77.3 Å². The van der Waals surface area contributed by atoms with Gasteiger partial charge in [-0.15, -0.1) is 0 Å². The predicted octanol–water partition coefficient (Wildman–Crippen LogP) is 3.75. The largest absolute Gasteiger partial charge is 0.335 e. The van der Waals surface area contributed by atoms with Crippen LogP contribution in [0, 0.1) is 0 Å². The summed E-state index contributed by atoms with van der Waals surface area (Å²) < 4.78 is 1.69. The van der Waals surface area contributed by atoms with Crippen molar-refractivity contribution in [3.63, 3.8) is 0 Å². The molecule has 24 heavy (non-hydrogen) atoms.